The summed E-state index contributed by atoms with van der Waals surface area (Å²) in [7, 11) is 4.28. The molecule has 0 aliphatic rings. The lowest BCUT2D eigenvalue weighted by Crippen LogP contribution is -2.17. The quantitative estimate of drug-likeness (QED) is 0.580. The van der Waals surface area contributed by atoms with Crippen LogP contribution in [0.15, 0.2) is 41.5 Å². The Bertz CT molecular complexity index is 830. The van der Waals surface area contributed by atoms with Crippen molar-refractivity contribution in [2.24, 2.45) is 5.10 Å². The summed E-state index contributed by atoms with van der Waals surface area (Å²) in [6.07, 6.45) is 1.23. The van der Waals surface area contributed by atoms with Gasteiger partial charge in [0, 0.05) is 11.1 Å². The third kappa shape index (κ3) is 4.10. The average Bonchev–Trinajstić information content (AvgIpc) is 2.67. The zero-order chi connectivity index (χ0) is 19.1. The van der Waals surface area contributed by atoms with Crippen LogP contribution in [0.2, 0.25) is 0 Å². The summed E-state index contributed by atoms with van der Waals surface area (Å²) in [5, 5.41) is 13.3. The largest absolute Gasteiger partial charge is 0.497 e. The Morgan fingerprint density at radius 3 is 2.23 bits per heavy atom. The molecular formula is C18H18N2O6. The fraction of sp³-hybridized carbons (Fsp3) is 0.167. The molecule has 2 N–H and O–H groups in total. The highest BCUT2D eigenvalue weighted by atomic mass is 16.5. The smallest absolute Gasteiger partial charge is 0.340 e. The van der Waals surface area contributed by atoms with Crippen LogP contribution in [-0.4, -0.2) is 44.5 Å². The van der Waals surface area contributed by atoms with Crippen molar-refractivity contribution in [1.29, 1.82) is 0 Å². The van der Waals surface area contributed by atoms with Gasteiger partial charge in [-0.15, -0.1) is 0 Å². The predicted octanol–water partition coefficient (Wildman–Crippen LogP) is 2.17. The molecule has 0 aromatic heterocycles. The van der Waals surface area contributed by atoms with E-state index in [4.69, 9.17) is 14.2 Å². The summed E-state index contributed by atoms with van der Waals surface area (Å²) in [4.78, 5) is 23.6. The van der Waals surface area contributed by atoms with Crippen LogP contribution in [0.4, 0.5) is 0 Å². The van der Waals surface area contributed by atoms with Crippen molar-refractivity contribution in [3.63, 3.8) is 0 Å². The van der Waals surface area contributed by atoms with Crippen molar-refractivity contribution in [2.75, 3.05) is 21.3 Å². The molecule has 2 aromatic rings. The molecule has 1 amide bonds. The SMILES string of the molecule is COc1ccc(C(=O)NN=Cc2ccc(OC)c(OC)c2C(=O)O)cc1. The minimum atomic E-state index is -1.20. The Balaban J connectivity index is 2.21. The maximum atomic E-state index is 12.1. The molecule has 0 bridgehead atoms. The number of carboxylic acids is 1. The Hall–Kier alpha value is -3.55. The van der Waals surface area contributed by atoms with E-state index in [1.165, 1.54) is 33.6 Å². The van der Waals surface area contributed by atoms with E-state index in [0.717, 1.165) is 0 Å². The summed E-state index contributed by atoms with van der Waals surface area (Å²) in [6, 6.07) is 9.53. The molecule has 136 valence electrons. The lowest BCUT2D eigenvalue weighted by Gasteiger charge is -2.12. The van der Waals surface area contributed by atoms with Crippen LogP contribution in [0.1, 0.15) is 26.3 Å². The van der Waals surface area contributed by atoms with E-state index in [-0.39, 0.29) is 22.6 Å². The van der Waals surface area contributed by atoms with Gasteiger partial charge in [0.1, 0.15) is 11.3 Å². The number of amides is 1. The second kappa shape index (κ2) is 8.52. The Kier molecular flexibility index (Phi) is 6.15. The Labute approximate surface area is 150 Å². The van der Waals surface area contributed by atoms with Crippen LogP contribution >= 0.6 is 0 Å². The molecule has 8 heteroatoms. The molecule has 0 spiro atoms. The van der Waals surface area contributed by atoms with E-state index >= 15 is 0 Å². The van der Waals surface area contributed by atoms with E-state index in [9.17, 15) is 14.7 Å². The fourth-order valence-electron chi connectivity index (χ4n) is 2.24. The van der Waals surface area contributed by atoms with Crippen molar-refractivity contribution in [3.8, 4) is 17.2 Å². The number of aromatic carboxylic acids is 1. The van der Waals surface area contributed by atoms with Gasteiger partial charge in [0.2, 0.25) is 0 Å². The Morgan fingerprint density at radius 1 is 1.00 bits per heavy atom. The number of carboxylic acid groups (broad SMARTS) is 1. The van der Waals surface area contributed by atoms with E-state index < -0.39 is 11.9 Å². The van der Waals surface area contributed by atoms with Gasteiger partial charge < -0.3 is 19.3 Å². The summed E-state index contributed by atoms with van der Waals surface area (Å²) < 4.78 is 15.2. The molecule has 0 radical (unpaired) electrons. The van der Waals surface area contributed by atoms with Gasteiger partial charge in [0.25, 0.3) is 5.91 Å². The molecule has 0 unspecified atom stereocenters. The molecule has 0 saturated carbocycles. The van der Waals surface area contributed by atoms with Crippen LogP contribution in [0, 0.1) is 0 Å². The van der Waals surface area contributed by atoms with Crippen molar-refractivity contribution in [2.45, 2.75) is 0 Å². The zero-order valence-corrected chi connectivity index (χ0v) is 14.5. The first-order chi connectivity index (χ1) is 12.5. The molecule has 26 heavy (non-hydrogen) atoms. The third-order valence-corrected chi connectivity index (χ3v) is 3.51. The maximum absolute atomic E-state index is 12.1. The molecule has 2 rings (SSSR count). The van der Waals surface area contributed by atoms with Gasteiger partial charge in [-0.25, -0.2) is 10.2 Å². The first-order valence-electron chi connectivity index (χ1n) is 7.47. The molecule has 2 aromatic carbocycles. The maximum Gasteiger partial charge on any atom is 0.340 e. The predicted molar refractivity (Wildman–Crippen MR) is 94.6 cm³/mol. The van der Waals surface area contributed by atoms with E-state index in [1.54, 1.807) is 30.3 Å². The van der Waals surface area contributed by atoms with Gasteiger partial charge in [0.15, 0.2) is 11.5 Å². The van der Waals surface area contributed by atoms with Gasteiger partial charge >= 0.3 is 5.97 Å². The average molecular weight is 358 g/mol. The number of carbonyl (C=O) groups is 2. The minimum absolute atomic E-state index is 0.0745. The number of rotatable bonds is 7. The molecule has 0 atom stereocenters. The molecule has 0 saturated heterocycles. The number of methoxy groups -OCH3 is 3. The van der Waals surface area contributed by atoms with Gasteiger partial charge in [-0.3, -0.25) is 4.79 Å². The van der Waals surface area contributed by atoms with Crippen molar-refractivity contribution in [1.82, 2.24) is 5.43 Å². The van der Waals surface area contributed by atoms with Gasteiger partial charge in [-0.2, -0.15) is 5.10 Å². The first kappa shape index (κ1) is 18.8. The van der Waals surface area contributed by atoms with Crippen LogP contribution in [0.25, 0.3) is 0 Å². The molecule has 0 aliphatic heterocycles. The molecule has 0 fully saturated rings. The summed E-state index contributed by atoms with van der Waals surface area (Å²) in [5.41, 5.74) is 2.86. The third-order valence-electron chi connectivity index (χ3n) is 3.51. The van der Waals surface area contributed by atoms with Crippen LogP contribution in [0.5, 0.6) is 17.2 Å². The molecular weight excluding hydrogens is 340 g/mol. The Morgan fingerprint density at radius 2 is 1.69 bits per heavy atom. The van der Waals surface area contributed by atoms with Crippen molar-refractivity contribution < 1.29 is 28.9 Å². The number of hydrazone groups is 1. The molecule has 0 aliphatic carbocycles. The van der Waals surface area contributed by atoms with Crippen molar-refractivity contribution >= 4 is 18.1 Å². The number of nitrogens with zero attached hydrogens (tertiary/aromatic N) is 1. The van der Waals surface area contributed by atoms with E-state index in [0.29, 0.717) is 11.3 Å². The van der Waals surface area contributed by atoms with Crippen LogP contribution in [-0.2, 0) is 0 Å². The minimum Gasteiger partial charge on any atom is -0.497 e. The molecule has 8 nitrogen and oxygen atoms in total. The highest BCUT2D eigenvalue weighted by molar-refractivity contribution is 6.02. The highest BCUT2D eigenvalue weighted by Crippen LogP contribution is 2.32. The normalized spacial score (nSPS) is 10.4. The van der Waals surface area contributed by atoms with Gasteiger partial charge in [-0.1, -0.05) is 0 Å². The second-order valence-corrected chi connectivity index (χ2v) is 5.00. The number of hydrogen-bond donors (Lipinski definition) is 2. The number of benzene rings is 2. The monoisotopic (exact) mass is 358 g/mol. The van der Waals surface area contributed by atoms with E-state index in [2.05, 4.69) is 10.5 Å². The van der Waals surface area contributed by atoms with Gasteiger partial charge in [0.05, 0.1) is 27.5 Å². The number of ether oxygens (including phenoxy) is 3. The van der Waals surface area contributed by atoms with E-state index in [1.807, 2.05) is 0 Å². The lowest BCUT2D eigenvalue weighted by atomic mass is 10.1. The standard InChI is InChI=1S/C18H18N2O6/c1-24-13-7-4-11(5-8-13)17(21)20-19-10-12-6-9-14(25-2)16(26-3)15(12)18(22)23/h4-10H,1-3H3,(H,20,21)(H,22,23). The number of hydrogen-bond acceptors (Lipinski definition) is 6. The summed E-state index contributed by atoms with van der Waals surface area (Å²) >= 11 is 0. The zero-order valence-electron chi connectivity index (χ0n) is 14.5. The lowest BCUT2D eigenvalue weighted by molar-refractivity contribution is 0.0692. The summed E-state index contributed by atoms with van der Waals surface area (Å²) in [5.74, 6) is -0.666. The first-order valence-corrected chi connectivity index (χ1v) is 7.47. The van der Waals surface area contributed by atoms with Crippen LogP contribution in [0.3, 0.4) is 0 Å². The summed E-state index contributed by atoms with van der Waals surface area (Å²) in [6.45, 7) is 0. The van der Waals surface area contributed by atoms with Gasteiger partial charge in [-0.05, 0) is 36.4 Å². The second-order valence-electron chi connectivity index (χ2n) is 5.00. The topological polar surface area (TPSA) is 106 Å². The highest BCUT2D eigenvalue weighted by Gasteiger charge is 2.20. The van der Waals surface area contributed by atoms with Crippen molar-refractivity contribution in [3.05, 3.63) is 53.1 Å². The van der Waals surface area contributed by atoms with Crippen LogP contribution < -0.4 is 19.6 Å². The fourth-order valence-corrected chi connectivity index (χ4v) is 2.24. The number of carbonyl (C=O) groups excluding carboxylic acids is 1. The number of nitrogens with one attached hydrogen (secondary N) is 1. The molecule has 0 heterocycles.